The zero-order chi connectivity index (χ0) is 19.8. The van der Waals surface area contributed by atoms with Crippen LogP contribution in [0.2, 0.25) is 0 Å². The number of fused-ring (bicyclic) bond motifs is 1. The molecule has 150 valence electrons. The van der Waals surface area contributed by atoms with Crippen LogP contribution in [0.3, 0.4) is 0 Å². The molecule has 0 bridgehead atoms. The van der Waals surface area contributed by atoms with Gasteiger partial charge in [0.25, 0.3) is 0 Å². The Labute approximate surface area is 164 Å². The molecule has 1 saturated carbocycles. The van der Waals surface area contributed by atoms with Crippen molar-refractivity contribution in [3.63, 3.8) is 0 Å². The van der Waals surface area contributed by atoms with Crippen LogP contribution < -0.4 is 4.74 Å². The third-order valence-corrected chi connectivity index (χ3v) is 8.60. The van der Waals surface area contributed by atoms with Crippen molar-refractivity contribution >= 4 is 15.9 Å². The van der Waals surface area contributed by atoms with Crippen molar-refractivity contribution < 1.29 is 13.2 Å². The molecular weight excluding hydrogens is 358 g/mol. The first kappa shape index (κ1) is 20.4. The van der Waals surface area contributed by atoms with Crippen LogP contribution in [0.25, 0.3) is 6.08 Å². The molecule has 1 aromatic heterocycles. The minimum absolute atomic E-state index is 0.125. The molecule has 0 aliphatic heterocycles. The van der Waals surface area contributed by atoms with E-state index in [4.69, 9.17) is 4.74 Å². The minimum Gasteiger partial charge on any atom is -0.475 e. The lowest BCUT2D eigenvalue weighted by Crippen LogP contribution is -2.34. The highest BCUT2D eigenvalue weighted by atomic mass is 32.2. The second kappa shape index (κ2) is 7.57. The van der Waals surface area contributed by atoms with E-state index in [2.05, 4.69) is 17.1 Å². The van der Waals surface area contributed by atoms with E-state index in [-0.39, 0.29) is 6.10 Å². The van der Waals surface area contributed by atoms with Gasteiger partial charge in [-0.15, -0.1) is 0 Å². The first-order chi connectivity index (χ1) is 12.5. The molecule has 0 amide bonds. The van der Waals surface area contributed by atoms with Crippen molar-refractivity contribution in [2.24, 2.45) is 11.8 Å². The number of ether oxygens (including phenoxy) is 1. The monoisotopic (exact) mass is 391 g/mol. The quantitative estimate of drug-likeness (QED) is 0.721. The summed E-state index contributed by atoms with van der Waals surface area (Å²) >= 11 is 0. The molecule has 3 rings (SSSR count). The van der Waals surface area contributed by atoms with Gasteiger partial charge in [-0.25, -0.2) is 13.4 Å². The summed E-state index contributed by atoms with van der Waals surface area (Å²) in [4.78, 5) is 4.65. The van der Waals surface area contributed by atoms with E-state index in [0.29, 0.717) is 23.5 Å². The van der Waals surface area contributed by atoms with Crippen LogP contribution in [-0.4, -0.2) is 30.0 Å². The average molecular weight is 392 g/mol. The lowest BCUT2D eigenvalue weighted by Gasteiger charge is -2.31. The summed E-state index contributed by atoms with van der Waals surface area (Å²) in [5, 5.41) is 0. The fourth-order valence-corrected chi connectivity index (χ4v) is 5.49. The molecule has 0 radical (unpaired) electrons. The van der Waals surface area contributed by atoms with Crippen LogP contribution in [0.1, 0.15) is 71.6 Å². The summed E-state index contributed by atoms with van der Waals surface area (Å²) < 4.78 is 30.0. The van der Waals surface area contributed by atoms with Crippen LogP contribution in [-0.2, 0) is 16.3 Å². The van der Waals surface area contributed by atoms with Crippen molar-refractivity contribution in [2.75, 3.05) is 5.75 Å². The molecule has 0 spiro atoms. The predicted octanol–water partition coefficient (Wildman–Crippen LogP) is 4.83. The Morgan fingerprint density at radius 3 is 2.41 bits per heavy atom. The molecule has 1 aromatic rings. The number of hydrogen-bond donors (Lipinski definition) is 0. The van der Waals surface area contributed by atoms with Gasteiger partial charge in [-0.1, -0.05) is 11.6 Å². The minimum atomic E-state index is -3.03. The Balaban J connectivity index is 1.60. The van der Waals surface area contributed by atoms with E-state index in [1.54, 1.807) is 20.8 Å². The summed E-state index contributed by atoms with van der Waals surface area (Å²) in [6, 6.07) is 4.09. The Morgan fingerprint density at radius 1 is 1.15 bits per heavy atom. The van der Waals surface area contributed by atoms with Gasteiger partial charge < -0.3 is 4.74 Å². The smallest absolute Gasteiger partial charge is 0.214 e. The largest absolute Gasteiger partial charge is 0.475 e. The molecule has 0 saturated heterocycles. The molecule has 4 nitrogen and oxygen atoms in total. The van der Waals surface area contributed by atoms with Gasteiger partial charge >= 0.3 is 0 Å². The highest BCUT2D eigenvalue weighted by molar-refractivity contribution is 7.92. The molecule has 0 atom stereocenters. The third kappa shape index (κ3) is 4.74. The molecule has 2 aliphatic carbocycles. The number of pyridine rings is 1. The van der Waals surface area contributed by atoms with Crippen molar-refractivity contribution in [3.8, 4) is 5.88 Å². The van der Waals surface area contributed by atoms with Gasteiger partial charge in [0.2, 0.25) is 5.88 Å². The van der Waals surface area contributed by atoms with Crippen molar-refractivity contribution in [3.05, 3.63) is 29.0 Å². The molecule has 0 unspecified atom stereocenters. The van der Waals surface area contributed by atoms with Gasteiger partial charge in [0.05, 0.1) is 22.3 Å². The average Bonchev–Trinajstić information content (AvgIpc) is 2.96. The molecule has 0 aromatic carbocycles. The number of sulfone groups is 1. The van der Waals surface area contributed by atoms with Crippen molar-refractivity contribution in [1.82, 2.24) is 4.98 Å². The maximum Gasteiger partial charge on any atom is 0.214 e. The SMILES string of the molecule is CC(C)Oc1ccc2c(n1)C=C(C1CCC(CS(=O)(=O)C(C)(C)C)CC1)C2. The molecule has 0 N–H and O–H groups in total. The lowest BCUT2D eigenvalue weighted by atomic mass is 9.78. The van der Waals surface area contributed by atoms with Gasteiger partial charge in [0.1, 0.15) is 0 Å². The fourth-order valence-electron chi connectivity index (χ4n) is 4.04. The zero-order valence-corrected chi connectivity index (χ0v) is 18.1. The van der Waals surface area contributed by atoms with Gasteiger partial charge in [-0.2, -0.15) is 0 Å². The molecule has 27 heavy (non-hydrogen) atoms. The van der Waals surface area contributed by atoms with E-state index >= 15 is 0 Å². The highest BCUT2D eigenvalue weighted by Crippen LogP contribution is 2.39. The summed E-state index contributed by atoms with van der Waals surface area (Å²) in [6.07, 6.45) is 7.50. The van der Waals surface area contributed by atoms with E-state index < -0.39 is 14.6 Å². The molecule has 1 heterocycles. The van der Waals surface area contributed by atoms with Crippen LogP contribution in [0.4, 0.5) is 0 Å². The first-order valence-electron chi connectivity index (χ1n) is 10.1. The molecule has 2 aliphatic rings. The second-order valence-electron chi connectivity index (χ2n) is 9.37. The highest BCUT2D eigenvalue weighted by Gasteiger charge is 2.34. The Morgan fingerprint density at radius 2 is 1.81 bits per heavy atom. The maximum absolute atomic E-state index is 12.5. The van der Waals surface area contributed by atoms with Gasteiger partial charge in [-0.05, 0) is 90.2 Å². The number of rotatable bonds is 5. The Bertz CT molecular complexity index is 810. The van der Waals surface area contributed by atoms with E-state index in [9.17, 15) is 8.42 Å². The number of hydrogen-bond acceptors (Lipinski definition) is 4. The zero-order valence-electron chi connectivity index (χ0n) is 17.3. The summed E-state index contributed by atoms with van der Waals surface area (Å²) in [6.45, 7) is 9.43. The van der Waals surface area contributed by atoms with E-state index in [0.717, 1.165) is 37.8 Å². The van der Waals surface area contributed by atoms with Crippen molar-refractivity contribution in [2.45, 2.75) is 77.6 Å². The lowest BCUT2D eigenvalue weighted by molar-refractivity contribution is 0.232. The van der Waals surface area contributed by atoms with Gasteiger partial charge in [0, 0.05) is 6.07 Å². The van der Waals surface area contributed by atoms with Crippen LogP contribution in [0.15, 0.2) is 17.7 Å². The third-order valence-electron chi connectivity index (χ3n) is 5.82. The van der Waals surface area contributed by atoms with Gasteiger partial charge in [0.15, 0.2) is 9.84 Å². The number of allylic oxidation sites excluding steroid dienone is 1. The molecular formula is C22H33NO3S. The summed E-state index contributed by atoms with van der Waals surface area (Å²) in [5.41, 5.74) is 3.77. The second-order valence-corrected chi connectivity index (χ2v) is 12.2. The van der Waals surface area contributed by atoms with Crippen molar-refractivity contribution in [1.29, 1.82) is 0 Å². The molecule has 1 fully saturated rings. The maximum atomic E-state index is 12.5. The van der Waals surface area contributed by atoms with E-state index in [1.165, 1.54) is 11.1 Å². The summed E-state index contributed by atoms with van der Waals surface area (Å²) in [7, 11) is -3.03. The predicted molar refractivity (Wildman–Crippen MR) is 111 cm³/mol. The van der Waals surface area contributed by atoms with E-state index in [1.807, 2.05) is 19.9 Å². The summed E-state index contributed by atoms with van der Waals surface area (Å²) in [5.74, 6) is 1.89. The number of nitrogens with zero attached hydrogens (tertiary/aromatic N) is 1. The molecule has 5 heteroatoms. The first-order valence-corrected chi connectivity index (χ1v) is 11.8. The van der Waals surface area contributed by atoms with Gasteiger partial charge in [-0.3, -0.25) is 0 Å². The van der Waals surface area contributed by atoms with Crippen LogP contribution in [0.5, 0.6) is 5.88 Å². The Kier molecular flexibility index (Phi) is 5.72. The normalized spacial score (nSPS) is 23.3. The van der Waals surface area contributed by atoms with Crippen LogP contribution >= 0.6 is 0 Å². The fraction of sp³-hybridized carbons (Fsp3) is 0.682. The number of aromatic nitrogens is 1. The topological polar surface area (TPSA) is 56.3 Å². The van der Waals surface area contributed by atoms with Crippen LogP contribution in [0, 0.1) is 11.8 Å². The standard InChI is InChI=1S/C22H33NO3S/c1-15(2)26-21-11-10-18-12-19(13-20(18)23-21)17-8-6-16(7-9-17)14-27(24,25)22(3,4)5/h10-11,13,15-17H,6-9,12,14H2,1-5H3. The Hall–Kier alpha value is -1.36.